The monoisotopic (exact) mass is 299 g/mol. The van der Waals surface area contributed by atoms with Crippen LogP contribution in [0.25, 0.3) is 0 Å². The van der Waals surface area contributed by atoms with Gasteiger partial charge in [-0.3, -0.25) is 0 Å². The average molecular weight is 300 g/mol. The molecular weight excluding hydrogens is 295 g/mol. The van der Waals surface area contributed by atoms with Crippen molar-refractivity contribution in [1.82, 2.24) is 4.98 Å². The van der Waals surface area contributed by atoms with Gasteiger partial charge in [0.05, 0.1) is 0 Å². The maximum atomic E-state index is 12.3. The summed E-state index contributed by atoms with van der Waals surface area (Å²) in [6.45, 7) is 0. The summed E-state index contributed by atoms with van der Waals surface area (Å²) in [6.07, 6.45) is -2.77. The normalized spacial score (nSPS) is 10.7. The zero-order chi connectivity index (χ0) is 11.6. The topological polar surface area (TPSA) is 50.2 Å². The molecule has 1 aromatic rings. The van der Waals surface area contributed by atoms with Crippen LogP contribution in [-0.4, -0.2) is 16.1 Å². The Labute approximate surface area is 97.2 Å². The van der Waals surface area contributed by atoms with Crippen LogP contribution in [0, 0.1) is 0 Å². The predicted octanol–water partition coefficient (Wildman–Crippen LogP) is 3.27. The summed E-state index contributed by atoms with van der Waals surface area (Å²) in [5.41, 5.74) is -0.602. The second-order valence-corrected chi connectivity index (χ2v) is 3.53. The number of hydrogen-bond acceptors (Lipinski definition) is 2. The summed E-state index contributed by atoms with van der Waals surface area (Å²) in [4.78, 5) is 14.1. The minimum absolute atomic E-state index is 0.122. The SMILES string of the molecule is O=C(O)c1c(CBr)cc(C(F)F)nc1Cl. The molecule has 82 valence electrons. The number of alkyl halides is 3. The third kappa shape index (κ3) is 2.63. The molecule has 0 amide bonds. The zero-order valence-corrected chi connectivity index (χ0v) is 9.52. The van der Waals surface area contributed by atoms with Gasteiger partial charge in [0, 0.05) is 5.33 Å². The number of carboxylic acids is 1. The van der Waals surface area contributed by atoms with Crippen molar-refractivity contribution in [3.05, 3.63) is 28.0 Å². The standard InChI is InChI=1S/C8H5BrClF2NO2/c9-2-3-1-4(7(11)12)13-6(10)5(3)8(14)15/h1,7H,2H2,(H,14,15). The van der Waals surface area contributed by atoms with E-state index in [1.807, 2.05) is 0 Å². The highest BCUT2D eigenvalue weighted by molar-refractivity contribution is 9.08. The van der Waals surface area contributed by atoms with Crippen molar-refractivity contribution in [3.63, 3.8) is 0 Å². The van der Waals surface area contributed by atoms with E-state index in [-0.39, 0.29) is 16.5 Å². The first kappa shape index (κ1) is 12.3. The van der Waals surface area contributed by atoms with Crippen LogP contribution in [0.4, 0.5) is 8.78 Å². The Balaban J connectivity index is 3.37. The Morgan fingerprint density at radius 2 is 2.27 bits per heavy atom. The van der Waals surface area contributed by atoms with Gasteiger partial charge in [0.25, 0.3) is 6.43 Å². The highest BCUT2D eigenvalue weighted by atomic mass is 79.9. The lowest BCUT2D eigenvalue weighted by Gasteiger charge is -2.07. The molecule has 15 heavy (non-hydrogen) atoms. The Kier molecular flexibility index (Phi) is 3.98. The summed E-state index contributed by atoms with van der Waals surface area (Å²) >= 11 is 8.51. The van der Waals surface area contributed by atoms with Crippen molar-refractivity contribution in [2.45, 2.75) is 11.8 Å². The van der Waals surface area contributed by atoms with Crippen LogP contribution in [0.2, 0.25) is 5.15 Å². The number of aromatic nitrogens is 1. The lowest BCUT2D eigenvalue weighted by molar-refractivity contribution is 0.0695. The molecule has 0 fully saturated rings. The van der Waals surface area contributed by atoms with E-state index >= 15 is 0 Å². The third-order valence-electron chi connectivity index (χ3n) is 1.66. The Bertz CT molecular complexity index is 400. The number of aromatic carboxylic acids is 1. The van der Waals surface area contributed by atoms with Gasteiger partial charge >= 0.3 is 5.97 Å². The lowest BCUT2D eigenvalue weighted by Crippen LogP contribution is -2.06. The molecule has 0 spiro atoms. The molecule has 0 atom stereocenters. The summed E-state index contributed by atoms with van der Waals surface area (Å²) in [5, 5.41) is 8.47. The van der Waals surface area contributed by atoms with Crippen LogP contribution < -0.4 is 0 Å². The Morgan fingerprint density at radius 1 is 1.67 bits per heavy atom. The number of nitrogens with zero attached hydrogens (tertiary/aromatic N) is 1. The molecule has 3 nitrogen and oxygen atoms in total. The van der Waals surface area contributed by atoms with Gasteiger partial charge in [0.2, 0.25) is 0 Å². The first-order valence-electron chi connectivity index (χ1n) is 3.74. The molecule has 0 aliphatic rings. The van der Waals surface area contributed by atoms with E-state index in [9.17, 15) is 13.6 Å². The number of halogens is 4. The maximum absolute atomic E-state index is 12.3. The average Bonchev–Trinajstić information content (AvgIpc) is 2.15. The van der Waals surface area contributed by atoms with Crippen LogP contribution in [-0.2, 0) is 5.33 Å². The summed E-state index contributed by atoms with van der Waals surface area (Å²) in [6, 6.07) is 1.02. The van der Waals surface area contributed by atoms with Gasteiger partial charge in [-0.1, -0.05) is 27.5 Å². The van der Waals surface area contributed by atoms with Crippen LogP contribution in [0.1, 0.15) is 28.0 Å². The van der Waals surface area contributed by atoms with Crippen molar-refractivity contribution in [1.29, 1.82) is 0 Å². The van der Waals surface area contributed by atoms with Crippen LogP contribution in [0.3, 0.4) is 0 Å². The van der Waals surface area contributed by atoms with E-state index in [0.29, 0.717) is 0 Å². The summed E-state index contributed by atoms with van der Waals surface area (Å²) in [5.74, 6) is -1.29. The maximum Gasteiger partial charge on any atom is 0.339 e. The smallest absolute Gasteiger partial charge is 0.339 e. The largest absolute Gasteiger partial charge is 0.478 e. The molecule has 7 heteroatoms. The van der Waals surface area contributed by atoms with Gasteiger partial charge in [-0.15, -0.1) is 0 Å². The van der Waals surface area contributed by atoms with Crippen LogP contribution in [0.15, 0.2) is 6.07 Å². The van der Waals surface area contributed by atoms with E-state index in [1.165, 1.54) is 0 Å². The molecular formula is C8H5BrClF2NO2. The molecule has 0 saturated heterocycles. The van der Waals surface area contributed by atoms with Gasteiger partial charge in [0.1, 0.15) is 16.4 Å². The minimum atomic E-state index is -2.77. The van der Waals surface area contributed by atoms with Crippen molar-refractivity contribution in [2.75, 3.05) is 0 Å². The summed E-state index contributed by atoms with van der Waals surface area (Å²) in [7, 11) is 0. The molecule has 0 aromatic carbocycles. The number of hydrogen-bond donors (Lipinski definition) is 1. The van der Waals surface area contributed by atoms with Gasteiger partial charge in [-0.05, 0) is 11.6 Å². The van der Waals surface area contributed by atoms with E-state index < -0.39 is 23.2 Å². The molecule has 0 saturated carbocycles. The van der Waals surface area contributed by atoms with Gasteiger partial charge in [0.15, 0.2) is 0 Å². The number of carbonyl (C=O) groups is 1. The highest BCUT2D eigenvalue weighted by Crippen LogP contribution is 2.26. The predicted molar refractivity (Wildman–Crippen MR) is 53.8 cm³/mol. The fourth-order valence-corrected chi connectivity index (χ4v) is 1.77. The number of rotatable bonds is 3. The molecule has 0 bridgehead atoms. The third-order valence-corrected chi connectivity index (χ3v) is 2.54. The van der Waals surface area contributed by atoms with E-state index in [0.717, 1.165) is 6.07 Å². The van der Waals surface area contributed by atoms with E-state index in [4.69, 9.17) is 16.7 Å². The molecule has 1 aromatic heterocycles. The molecule has 0 radical (unpaired) electrons. The van der Waals surface area contributed by atoms with Crippen molar-refractivity contribution in [2.24, 2.45) is 0 Å². The molecule has 1 rings (SSSR count). The fourth-order valence-electron chi connectivity index (χ4n) is 1.03. The second-order valence-electron chi connectivity index (χ2n) is 2.61. The number of pyridine rings is 1. The first-order valence-corrected chi connectivity index (χ1v) is 5.24. The lowest BCUT2D eigenvalue weighted by atomic mass is 10.1. The van der Waals surface area contributed by atoms with Crippen LogP contribution >= 0.6 is 27.5 Å². The second kappa shape index (κ2) is 4.85. The Hall–Kier alpha value is -0.750. The molecule has 0 aliphatic heterocycles. The highest BCUT2D eigenvalue weighted by Gasteiger charge is 2.20. The molecule has 0 aliphatic carbocycles. The fraction of sp³-hybridized carbons (Fsp3) is 0.250. The molecule has 1 heterocycles. The quantitative estimate of drug-likeness (QED) is 0.688. The minimum Gasteiger partial charge on any atom is -0.478 e. The molecule has 1 N–H and O–H groups in total. The van der Waals surface area contributed by atoms with E-state index in [2.05, 4.69) is 20.9 Å². The first-order chi connectivity index (χ1) is 6.97. The van der Waals surface area contributed by atoms with Gasteiger partial charge in [-0.25, -0.2) is 18.6 Å². The van der Waals surface area contributed by atoms with Crippen molar-refractivity contribution in [3.8, 4) is 0 Å². The van der Waals surface area contributed by atoms with Gasteiger partial charge < -0.3 is 5.11 Å². The van der Waals surface area contributed by atoms with Gasteiger partial charge in [-0.2, -0.15) is 0 Å². The zero-order valence-electron chi connectivity index (χ0n) is 7.18. The Morgan fingerprint density at radius 3 is 2.67 bits per heavy atom. The van der Waals surface area contributed by atoms with Crippen molar-refractivity contribution < 1.29 is 18.7 Å². The van der Waals surface area contributed by atoms with E-state index in [1.54, 1.807) is 0 Å². The number of carboxylic acid groups (broad SMARTS) is 1. The van der Waals surface area contributed by atoms with Crippen molar-refractivity contribution >= 4 is 33.5 Å². The molecule has 0 unspecified atom stereocenters. The summed E-state index contributed by atoms with van der Waals surface area (Å²) < 4.78 is 24.6. The van der Waals surface area contributed by atoms with Crippen LogP contribution in [0.5, 0.6) is 0 Å².